The molecule has 2 aromatic rings. The predicted octanol–water partition coefficient (Wildman–Crippen LogP) is 0.689. The predicted molar refractivity (Wildman–Crippen MR) is 92.8 cm³/mol. The molecule has 2 aromatic heterocycles. The molecule has 8 nitrogen and oxygen atoms in total. The van der Waals surface area contributed by atoms with Crippen LogP contribution >= 0.6 is 11.3 Å². The molecule has 1 fully saturated rings. The van der Waals surface area contributed by atoms with Crippen molar-refractivity contribution in [1.82, 2.24) is 24.8 Å². The number of nitrogens with zero attached hydrogens (tertiary/aromatic N) is 7. The molecule has 0 aromatic carbocycles. The second-order valence-corrected chi connectivity index (χ2v) is 6.61. The van der Waals surface area contributed by atoms with Crippen LogP contribution in [0.3, 0.4) is 0 Å². The molecule has 0 spiro atoms. The third-order valence-electron chi connectivity index (χ3n) is 3.73. The fourth-order valence-corrected chi connectivity index (χ4v) is 3.29. The Morgan fingerprint density at radius 1 is 1.17 bits per heavy atom. The van der Waals surface area contributed by atoms with Gasteiger partial charge in [-0.1, -0.05) is 0 Å². The number of nitrogens with two attached hydrogens (primary N) is 1. The lowest BCUT2D eigenvalue weighted by molar-refractivity contribution is 0.278. The zero-order valence-corrected chi connectivity index (χ0v) is 14.3. The molecular weight excluding hydrogens is 312 g/mol. The van der Waals surface area contributed by atoms with E-state index in [0.717, 1.165) is 43.6 Å². The number of hydrogen-bond donors (Lipinski definition) is 1. The molecule has 9 heteroatoms. The Kier molecular flexibility index (Phi) is 4.87. The molecule has 2 N–H and O–H groups in total. The van der Waals surface area contributed by atoms with Crippen LogP contribution in [-0.4, -0.2) is 65.1 Å². The van der Waals surface area contributed by atoms with Gasteiger partial charge >= 0.3 is 0 Å². The highest BCUT2D eigenvalue weighted by atomic mass is 32.1. The van der Waals surface area contributed by atoms with Crippen LogP contribution in [0.2, 0.25) is 0 Å². The van der Waals surface area contributed by atoms with Gasteiger partial charge in [0.05, 0.1) is 6.54 Å². The van der Waals surface area contributed by atoms with Gasteiger partial charge < -0.3 is 15.5 Å². The van der Waals surface area contributed by atoms with E-state index in [1.807, 2.05) is 30.6 Å². The molecule has 124 valence electrons. The summed E-state index contributed by atoms with van der Waals surface area (Å²) in [6.45, 7) is 4.67. The first kappa shape index (κ1) is 15.9. The van der Waals surface area contributed by atoms with Gasteiger partial charge in [0.2, 0.25) is 11.9 Å². The van der Waals surface area contributed by atoms with E-state index in [2.05, 4.69) is 29.7 Å². The molecule has 23 heavy (non-hydrogen) atoms. The Morgan fingerprint density at radius 2 is 2.04 bits per heavy atom. The SMILES string of the molecule is CN(C)c1nc(N)nc(CN2CCCN(c3nccs3)CC2)n1. The van der Waals surface area contributed by atoms with Crippen molar-refractivity contribution in [2.24, 2.45) is 0 Å². The molecule has 0 amide bonds. The van der Waals surface area contributed by atoms with Crippen molar-refractivity contribution in [3.8, 4) is 0 Å². The summed E-state index contributed by atoms with van der Waals surface area (Å²) >= 11 is 1.69. The van der Waals surface area contributed by atoms with Crippen LogP contribution in [-0.2, 0) is 6.54 Å². The monoisotopic (exact) mass is 334 g/mol. The smallest absolute Gasteiger partial charge is 0.229 e. The van der Waals surface area contributed by atoms with Crippen LogP contribution < -0.4 is 15.5 Å². The number of hydrogen-bond acceptors (Lipinski definition) is 9. The van der Waals surface area contributed by atoms with E-state index < -0.39 is 0 Å². The zero-order chi connectivity index (χ0) is 16.2. The molecule has 0 saturated carbocycles. The lowest BCUT2D eigenvalue weighted by Crippen LogP contribution is -2.31. The van der Waals surface area contributed by atoms with Gasteiger partial charge in [-0.3, -0.25) is 4.90 Å². The van der Waals surface area contributed by atoms with Crippen LogP contribution in [0.25, 0.3) is 0 Å². The first-order chi connectivity index (χ1) is 11.1. The van der Waals surface area contributed by atoms with E-state index in [4.69, 9.17) is 5.73 Å². The molecule has 0 atom stereocenters. The van der Waals surface area contributed by atoms with E-state index in [1.54, 1.807) is 11.3 Å². The molecular formula is C14H22N8S. The quantitative estimate of drug-likeness (QED) is 0.874. The maximum absolute atomic E-state index is 5.80. The summed E-state index contributed by atoms with van der Waals surface area (Å²) in [6.07, 6.45) is 2.96. The van der Waals surface area contributed by atoms with Crippen LogP contribution in [0.15, 0.2) is 11.6 Å². The van der Waals surface area contributed by atoms with Crippen LogP contribution in [0, 0.1) is 0 Å². The van der Waals surface area contributed by atoms with Crippen molar-refractivity contribution in [3.63, 3.8) is 0 Å². The highest BCUT2D eigenvalue weighted by Crippen LogP contribution is 2.19. The summed E-state index contributed by atoms with van der Waals surface area (Å²) in [7, 11) is 3.80. The molecule has 0 bridgehead atoms. The molecule has 0 unspecified atom stereocenters. The Hall–Kier alpha value is -2.00. The topological polar surface area (TPSA) is 87.3 Å². The van der Waals surface area contributed by atoms with Crippen molar-refractivity contribution in [3.05, 3.63) is 17.4 Å². The number of rotatable bonds is 4. The van der Waals surface area contributed by atoms with E-state index in [9.17, 15) is 0 Å². The third-order valence-corrected chi connectivity index (χ3v) is 4.56. The van der Waals surface area contributed by atoms with Crippen LogP contribution in [0.1, 0.15) is 12.2 Å². The average Bonchev–Trinajstić information content (AvgIpc) is 2.94. The minimum Gasteiger partial charge on any atom is -0.368 e. The Morgan fingerprint density at radius 3 is 2.78 bits per heavy atom. The molecule has 1 saturated heterocycles. The third kappa shape index (κ3) is 4.05. The fraction of sp³-hybridized carbons (Fsp3) is 0.571. The minimum absolute atomic E-state index is 0.276. The Balaban J connectivity index is 1.64. The number of anilines is 3. The summed E-state index contributed by atoms with van der Waals surface area (Å²) in [6, 6.07) is 0. The second kappa shape index (κ2) is 7.05. The summed E-state index contributed by atoms with van der Waals surface area (Å²) in [5, 5.41) is 3.13. The first-order valence-electron chi connectivity index (χ1n) is 7.66. The van der Waals surface area contributed by atoms with Crippen molar-refractivity contribution >= 4 is 28.4 Å². The average molecular weight is 334 g/mol. The molecule has 1 aliphatic heterocycles. The number of nitrogen functional groups attached to an aromatic ring is 1. The van der Waals surface area contributed by atoms with Crippen molar-refractivity contribution in [1.29, 1.82) is 0 Å². The van der Waals surface area contributed by atoms with Gasteiger partial charge in [0.1, 0.15) is 5.82 Å². The summed E-state index contributed by atoms with van der Waals surface area (Å²) in [5.41, 5.74) is 5.80. The maximum Gasteiger partial charge on any atom is 0.229 e. The van der Waals surface area contributed by atoms with Crippen molar-refractivity contribution < 1.29 is 0 Å². The van der Waals surface area contributed by atoms with Crippen molar-refractivity contribution in [2.45, 2.75) is 13.0 Å². The van der Waals surface area contributed by atoms with Gasteiger partial charge in [-0.15, -0.1) is 11.3 Å². The van der Waals surface area contributed by atoms with Gasteiger partial charge in [0.15, 0.2) is 5.13 Å². The summed E-state index contributed by atoms with van der Waals surface area (Å²) in [5.74, 6) is 1.61. The standard InChI is InChI=1S/C14H22N8S/c1-20(2)13-18-11(17-12(15)19-13)10-21-5-3-6-22(8-7-21)14-16-4-9-23-14/h4,9H,3,5-8,10H2,1-2H3,(H2,15,17,18,19). The first-order valence-corrected chi connectivity index (χ1v) is 8.54. The molecule has 3 rings (SSSR count). The molecule has 0 radical (unpaired) electrons. The van der Waals surface area contributed by atoms with Gasteiger partial charge in [-0.25, -0.2) is 4.98 Å². The van der Waals surface area contributed by atoms with Gasteiger partial charge in [0.25, 0.3) is 0 Å². The lowest BCUT2D eigenvalue weighted by atomic mass is 10.4. The normalized spacial score (nSPS) is 16.3. The van der Waals surface area contributed by atoms with Gasteiger partial charge in [0, 0.05) is 51.9 Å². The zero-order valence-electron chi connectivity index (χ0n) is 13.5. The van der Waals surface area contributed by atoms with E-state index in [-0.39, 0.29) is 5.95 Å². The Labute approximate surface area is 140 Å². The fourth-order valence-electron chi connectivity index (χ4n) is 2.59. The van der Waals surface area contributed by atoms with Crippen LogP contribution in [0.4, 0.5) is 17.0 Å². The number of thiazole rings is 1. The highest BCUT2D eigenvalue weighted by molar-refractivity contribution is 7.13. The van der Waals surface area contributed by atoms with Crippen molar-refractivity contribution in [2.75, 3.05) is 55.8 Å². The Bertz CT molecular complexity index is 630. The van der Waals surface area contributed by atoms with Gasteiger partial charge in [-0.05, 0) is 6.42 Å². The number of aromatic nitrogens is 4. The van der Waals surface area contributed by atoms with Gasteiger partial charge in [-0.2, -0.15) is 15.0 Å². The lowest BCUT2D eigenvalue weighted by Gasteiger charge is -2.21. The molecule has 1 aliphatic rings. The highest BCUT2D eigenvalue weighted by Gasteiger charge is 2.18. The summed E-state index contributed by atoms with van der Waals surface area (Å²) < 4.78 is 0. The van der Waals surface area contributed by atoms with E-state index in [1.165, 1.54) is 0 Å². The van der Waals surface area contributed by atoms with E-state index in [0.29, 0.717) is 12.5 Å². The summed E-state index contributed by atoms with van der Waals surface area (Å²) in [4.78, 5) is 23.9. The maximum atomic E-state index is 5.80. The van der Waals surface area contributed by atoms with E-state index >= 15 is 0 Å². The minimum atomic E-state index is 0.276. The molecule has 3 heterocycles. The second-order valence-electron chi connectivity index (χ2n) is 5.74. The largest absolute Gasteiger partial charge is 0.368 e. The van der Waals surface area contributed by atoms with Crippen LogP contribution in [0.5, 0.6) is 0 Å². The molecule has 0 aliphatic carbocycles.